The molecule has 1 atom stereocenters. The van der Waals surface area contributed by atoms with Crippen LogP contribution >= 0.6 is 0 Å². The van der Waals surface area contributed by atoms with Crippen molar-refractivity contribution < 1.29 is 23.9 Å². The van der Waals surface area contributed by atoms with Gasteiger partial charge < -0.3 is 14.6 Å². The number of fused-ring (bicyclic) bond motifs is 4. The van der Waals surface area contributed by atoms with E-state index in [1.165, 1.54) is 11.3 Å². The molecule has 0 saturated heterocycles. The number of pyridine rings is 1. The van der Waals surface area contributed by atoms with Crippen molar-refractivity contribution in [1.82, 2.24) is 0 Å². The molecule has 0 bridgehead atoms. The van der Waals surface area contributed by atoms with E-state index in [4.69, 9.17) is 14.6 Å². The standard InChI is InChI=1S/C18H15NO4/c20-18(21)11-22-13-5-4-12-9-14-15-3-1-2-7-19(15)8-6-16(14)23-17(12)10-13/h1-5,7,9-10,16H,6,8,11H2/p+1. The van der Waals surface area contributed by atoms with Gasteiger partial charge in [0.05, 0.1) is 5.57 Å². The van der Waals surface area contributed by atoms with E-state index in [0.717, 1.165) is 24.3 Å². The van der Waals surface area contributed by atoms with E-state index >= 15 is 0 Å². The van der Waals surface area contributed by atoms with Crippen LogP contribution in [0.2, 0.25) is 0 Å². The topological polar surface area (TPSA) is 59.6 Å². The highest BCUT2D eigenvalue weighted by Gasteiger charge is 2.34. The molecule has 3 heterocycles. The Hall–Kier alpha value is -2.82. The maximum Gasteiger partial charge on any atom is 0.341 e. The van der Waals surface area contributed by atoms with E-state index in [9.17, 15) is 4.79 Å². The molecule has 5 nitrogen and oxygen atoms in total. The molecule has 4 rings (SSSR count). The monoisotopic (exact) mass is 310 g/mol. The zero-order valence-corrected chi connectivity index (χ0v) is 12.4. The Bertz CT molecular complexity index is 812. The van der Waals surface area contributed by atoms with Crippen molar-refractivity contribution in [1.29, 1.82) is 0 Å². The highest BCUT2D eigenvalue weighted by atomic mass is 16.5. The third kappa shape index (κ3) is 2.54. The van der Waals surface area contributed by atoms with Gasteiger partial charge in [-0.3, -0.25) is 0 Å². The molecule has 23 heavy (non-hydrogen) atoms. The molecule has 5 heteroatoms. The van der Waals surface area contributed by atoms with E-state index < -0.39 is 5.97 Å². The molecule has 0 aliphatic carbocycles. The second-order valence-corrected chi connectivity index (χ2v) is 5.66. The number of rotatable bonds is 3. The fraction of sp³-hybridized carbons (Fsp3) is 0.222. The number of ether oxygens (including phenoxy) is 2. The normalized spacial score (nSPS) is 17.9. The summed E-state index contributed by atoms with van der Waals surface area (Å²) in [6, 6.07) is 11.6. The molecule has 1 aromatic carbocycles. The van der Waals surface area contributed by atoms with Gasteiger partial charge in [-0.15, -0.1) is 0 Å². The lowest BCUT2D eigenvalue weighted by atomic mass is 9.93. The van der Waals surface area contributed by atoms with Crippen LogP contribution in [0.1, 0.15) is 17.7 Å². The number of aliphatic carboxylic acids is 1. The first-order valence-corrected chi connectivity index (χ1v) is 7.56. The van der Waals surface area contributed by atoms with Crippen molar-refractivity contribution in [2.45, 2.75) is 19.1 Å². The second kappa shape index (κ2) is 5.43. The van der Waals surface area contributed by atoms with Crippen LogP contribution < -0.4 is 14.0 Å². The molecule has 2 aromatic rings. The Morgan fingerprint density at radius 3 is 3.13 bits per heavy atom. The average molecular weight is 310 g/mol. The van der Waals surface area contributed by atoms with Crippen LogP contribution in [0.5, 0.6) is 11.5 Å². The van der Waals surface area contributed by atoms with Crippen LogP contribution in [0.3, 0.4) is 0 Å². The van der Waals surface area contributed by atoms with Crippen molar-refractivity contribution in [2.24, 2.45) is 0 Å². The molecule has 2 aliphatic rings. The van der Waals surface area contributed by atoms with Gasteiger partial charge in [0.25, 0.3) is 0 Å². The number of carboxylic acids is 1. The lowest BCUT2D eigenvalue weighted by Gasteiger charge is -2.29. The summed E-state index contributed by atoms with van der Waals surface area (Å²) in [4.78, 5) is 10.6. The number of carboxylic acid groups (broad SMARTS) is 1. The van der Waals surface area contributed by atoms with Gasteiger partial charge in [0, 0.05) is 30.2 Å². The summed E-state index contributed by atoms with van der Waals surface area (Å²) in [6.07, 6.45) is 5.17. The molecule has 2 aliphatic heterocycles. The van der Waals surface area contributed by atoms with Crippen molar-refractivity contribution >= 4 is 17.6 Å². The van der Waals surface area contributed by atoms with Crippen molar-refractivity contribution in [3.05, 3.63) is 53.9 Å². The summed E-state index contributed by atoms with van der Waals surface area (Å²) >= 11 is 0. The lowest BCUT2D eigenvalue weighted by Crippen LogP contribution is -2.46. The minimum absolute atomic E-state index is 0.0274. The van der Waals surface area contributed by atoms with E-state index in [-0.39, 0.29) is 12.7 Å². The largest absolute Gasteiger partial charge is 0.484 e. The highest BCUT2D eigenvalue weighted by Crippen LogP contribution is 2.38. The Morgan fingerprint density at radius 1 is 1.35 bits per heavy atom. The molecule has 116 valence electrons. The maximum atomic E-state index is 10.6. The first-order valence-electron chi connectivity index (χ1n) is 7.56. The van der Waals surface area contributed by atoms with E-state index in [1.807, 2.05) is 18.2 Å². The van der Waals surface area contributed by atoms with Gasteiger partial charge in [0.15, 0.2) is 19.3 Å². The van der Waals surface area contributed by atoms with Crippen molar-refractivity contribution in [3.63, 3.8) is 0 Å². The summed E-state index contributed by atoms with van der Waals surface area (Å²) < 4.78 is 13.6. The molecular formula is C18H16NO4+. The highest BCUT2D eigenvalue weighted by molar-refractivity contribution is 5.85. The minimum atomic E-state index is -0.994. The van der Waals surface area contributed by atoms with Gasteiger partial charge in [0.2, 0.25) is 5.69 Å². The number of hydrogen-bond donors (Lipinski definition) is 1. The lowest BCUT2D eigenvalue weighted by molar-refractivity contribution is -0.703. The average Bonchev–Trinajstić information content (AvgIpc) is 2.58. The zero-order chi connectivity index (χ0) is 15.8. The van der Waals surface area contributed by atoms with Crippen LogP contribution in [-0.4, -0.2) is 23.8 Å². The Kier molecular flexibility index (Phi) is 3.26. The molecule has 0 fully saturated rings. The molecule has 1 N–H and O–H groups in total. The van der Waals surface area contributed by atoms with Crippen LogP contribution in [0, 0.1) is 0 Å². The van der Waals surface area contributed by atoms with Gasteiger partial charge in [-0.2, -0.15) is 4.57 Å². The van der Waals surface area contributed by atoms with Gasteiger partial charge >= 0.3 is 5.97 Å². The second-order valence-electron chi connectivity index (χ2n) is 5.66. The Balaban J connectivity index is 1.69. The number of aryl methyl sites for hydroxylation is 1. The van der Waals surface area contributed by atoms with E-state index in [0.29, 0.717) is 5.75 Å². The van der Waals surface area contributed by atoms with Crippen LogP contribution in [0.4, 0.5) is 0 Å². The Morgan fingerprint density at radius 2 is 2.26 bits per heavy atom. The summed E-state index contributed by atoms with van der Waals surface area (Å²) in [5, 5.41) is 8.69. The summed E-state index contributed by atoms with van der Waals surface area (Å²) in [5.74, 6) is 0.256. The predicted octanol–water partition coefficient (Wildman–Crippen LogP) is 2.14. The fourth-order valence-electron chi connectivity index (χ4n) is 3.09. The van der Waals surface area contributed by atoms with Crippen LogP contribution in [0.15, 0.2) is 42.6 Å². The number of carbonyl (C=O) groups is 1. The van der Waals surface area contributed by atoms with Crippen molar-refractivity contribution in [2.75, 3.05) is 6.61 Å². The zero-order valence-electron chi connectivity index (χ0n) is 12.4. The first-order chi connectivity index (χ1) is 11.2. The SMILES string of the molecule is O=C(O)COc1ccc2c(c1)OC1CC[n+]3ccccc3C1=C2. The summed E-state index contributed by atoms with van der Waals surface area (Å²) in [6.45, 7) is 0.566. The quantitative estimate of drug-likeness (QED) is 0.883. The number of benzene rings is 1. The van der Waals surface area contributed by atoms with Gasteiger partial charge in [-0.25, -0.2) is 4.79 Å². The van der Waals surface area contributed by atoms with Gasteiger partial charge in [-0.1, -0.05) is 0 Å². The van der Waals surface area contributed by atoms with Crippen LogP contribution in [-0.2, 0) is 11.3 Å². The Labute approximate surface area is 133 Å². The number of aromatic nitrogens is 1. The molecule has 1 aromatic heterocycles. The van der Waals surface area contributed by atoms with Crippen molar-refractivity contribution in [3.8, 4) is 11.5 Å². The van der Waals surface area contributed by atoms with E-state index in [1.54, 1.807) is 12.1 Å². The molecule has 0 radical (unpaired) electrons. The smallest absolute Gasteiger partial charge is 0.341 e. The first kappa shape index (κ1) is 13.8. The minimum Gasteiger partial charge on any atom is -0.484 e. The molecule has 0 saturated carbocycles. The maximum absolute atomic E-state index is 10.6. The molecule has 0 spiro atoms. The van der Waals surface area contributed by atoms with Gasteiger partial charge in [-0.05, 0) is 24.3 Å². The summed E-state index contributed by atoms with van der Waals surface area (Å²) in [5.41, 5.74) is 3.35. The van der Waals surface area contributed by atoms with Crippen LogP contribution in [0.25, 0.3) is 11.6 Å². The molecule has 0 amide bonds. The third-order valence-electron chi connectivity index (χ3n) is 4.14. The summed E-state index contributed by atoms with van der Waals surface area (Å²) in [7, 11) is 0. The van der Waals surface area contributed by atoms with E-state index in [2.05, 4.69) is 22.9 Å². The molecule has 1 unspecified atom stereocenters. The van der Waals surface area contributed by atoms with Gasteiger partial charge in [0.1, 0.15) is 17.6 Å². The molecular weight excluding hydrogens is 294 g/mol. The predicted molar refractivity (Wildman–Crippen MR) is 83.1 cm³/mol. The number of hydrogen-bond acceptors (Lipinski definition) is 3. The third-order valence-corrected chi connectivity index (χ3v) is 4.14. The number of nitrogens with zero attached hydrogens (tertiary/aromatic N) is 1. The fourth-order valence-corrected chi connectivity index (χ4v) is 3.09.